The van der Waals surface area contributed by atoms with Gasteiger partial charge in [-0.1, -0.05) is 23.2 Å². The van der Waals surface area contributed by atoms with Gasteiger partial charge >= 0.3 is 0 Å². The van der Waals surface area contributed by atoms with Crippen LogP contribution in [0.25, 0.3) is 11.0 Å². The van der Waals surface area contributed by atoms with Gasteiger partial charge in [0.15, 0.2) is 0 Å². The Morgan fingerprint density at radius 1 is 1.33 bits per heavy atom. The molecule has 0 aliphatic rings. The number of aryl methyl sites for hydroxylation is 1. The topological polar surface area (TPSA) is 28.7 Å². The maximum absolute atomic E-state index is 5.92. The highest BCUT2D eigenvalue weighted by molar-refractivity contribution is 6.44. The van der Waals surface area contributed by atoms with Crippen LogP contribution in [-0.2, 0) is 0 Å². The molecular weight excluding hydrogens is 195 g/mol. The summed E-state index contributed by atoms with van der Waals surface area (Å²) in [6.45, 7) is 1.88. The molecule has 0 atom stereocenters. The van der Waals surface area contributed by atoms with Gasteiger partial charge in [-0.25, -0.2) is 4.98 Å². The van der Waals surface area contributed by atoms with Crippen LogP contribution >= 0.6 is 23.2 Å². The van der Waals surface area contributed by atoms with Gasteiger partial charge in [-0.15, -0.1) is 0 Å². The molecule has 4 heteroatoms. The fourth-order valence-corrected chi connectivity index (χ4v) is 1.50. The minimum atomic E-state index is 0.513. The minimum Gasteiger partial charge on any atom is -0.342 e. The Bertz CT molecular complexity index is 434. The van der Waals surface area contributed by atoms with Gasteiger partial charge in [-0.3, -0.25) is 0 Å². The van der Waals surface area contributed by atoms with Crippen molar-refractivity contribution in [3.05, 3.63) is 28.0 Å². The quantitative estimate of drug-likeness (QED) is 0.696. The van der Waals surface area contributed by atoms with Gasteiger partial charge in [0.25, 0.3) is 0 Å². The van der Waals surface area contributed by atoms with Gasteiger partial charge < -0.3 is 4.98 Å². The second-order valence-electron chi connectivity index (χ2n) is 2.58. The van der Waals surface area contributed by atoms with E-state index in [2.05, 4.69) is 9.97 Å². The second kappa shape index (κ2) is 2.64. The van der Waals surface area contributed by atoms with E-state index in [1.807, 2.05) is 13.0 Å². The molecule has 2 aromatic rings. The van der Waals surface area contributed by atoms with Crippen molar-refractivity contribution in [2.24, 2.45) is 0 Å². The number of halogens is 2. The van der Waals surface area contributed by atoms with Gasteiger partial charge in [0.2, 0.25) is 0 Å². The Labute approximate surface area is 79.5 Å². The molecule has 12 heavy (non-hydrogen) atoms. The molecule has 0 spiro atoms. The Balaban J connectivity index is 2.89. The number of imidazole rings is 1. The van der Waals surface area contributed by atoms with E-state index in [1.54, 1.807) is 6.07 Å². The fraction of sp³-hybridized carbons (Fsp3) is 0.125. The monoisotopic (exact) mass is 200 g/mol. The van der Waals surface area contributed by atoms with Crippen molar-refractivity contribution in [1.29, 1.82) is 0 Å². The van der Waals surface area contributed by atoms with E-state index in [4.69, 9.17) is 23.2 Å². The molecule has 1 heterocycles. The summed E-state index contributed by atoms with van der Waals surface area (Å²) < 4.78 is 0. The third kappa shape index (κ3) is 1.08. The largest absolute Gasteiger partial charge is 0.342 e. The lowest BCUT2D eigenvalue weighted by Crippen LogP contribution is -1.72. The van der Waals surface area contributed by atoms with Gasteiger partial charge in [0, 0.05) is 0 Å². The molecule has 1 N–H and O–H groups in total. The number of aromatic nitrogens is 2. The molecule has 1 aromatic carbocycles. The number of nitrogens with one attached hydrogen (secondary N) is 1. The first kappa shape index (κ1) is 7.90. The first-order valence-corrected chi connectivity index (χ1v) is 4.24. The van der Waals surface area contributed by atoms with E-state index in [-0.39, 0.29) is 0 Å². The molecule has 2 rings (SSSR count). The highest BCUT2D eigenvalue weighted by Gasteiger charge is 2.06. The average molecular weight is 201 g/mol. The van der Waals surface area contributed by atoms with Gasteiger partial charge in [-0.05, 0) is 19.1 Å². The van der Waals surface area contributed by atoms with Crippen LogP contribution in [-0.4, -0.2) is 9.97 Å². The highest BCUT2D eigenvalue weighted by Crippen LogP contribution is 2.28. The average Bonchev–Trinajstić information content (AvgIpc) is 2.39. The molecule has 62 valence electrons. The molecule has 1 aromatic heterocycles. The van der Waals surface area contributed by atoms with Crippen LogP contribution in [0.15, 0.2) is 12.1 Å². The molecule has 0 saturated heterocycles. The zero-order valence-electron chi connectivity index (χ0n) is 6.36. The van der Waals surface area contributed by atoms with Crippen LogP contribution in [0.4, 0.5) is 0 Å². The summed E-state index contributed by atoms with van der Waals surface area (Å²) in [5, 5.41) is 1.05. The van der Waals surface area contributed by atoms with Crippen LogP contribution in [0.1, 0.15) is 5.82 Å². The van der Waals surface area contributed by atoms with E-state index in [0.29, 0.717) is 10.0 Å². The Hall–Kier alpha value is -0.730. The molecular formula is C8H6Cl2N2. The zero-order chi connectivity index (χ0) is 8.72. The number of rotatable bonds is 0. The molecule has 2 nitrogen and oxygen atoms in total. The zero-order valence-corrected chi connectivity index (χ0v) is 7.87. The first-order chi connectivity index (χ1) is 5.68. The number of fused-ring (bicyclic) bond motifs is 1. The van der Waals surface area contributed by atoms with Crippen molar-refractivity contribution in [2.75, 3.05) is 0 Å². The van der Waals surface area contributed by atoms with Gasteiger partial charge in [0.05, 0.1) is 15.6 Å². The summed E-state index contributed by atoms with van der Waals surface area (Å²) in [7, 11) is 0. The number of hydrogen-bond acceptors (Lipinski definition) is 1. The summed E-state index contributed by atoms with van der Waals surface area (Å²) in [6, 6.07) is 3.62. The molecule has 0 amide bonds. The molecule has 0 aliphatic carbocycles. The summed E-state index contributed by atoms with van der Waals surface area (Å²) in [5.74, 6) is 0.842. The third-order valence-electron chi connectivity index (χ3n) is 1.66. The Morgan fingerprint density at radius 2 is 2.08 bits per heavy atom. The molecule has 0 saturated carbocycles. The lowest BCUT2D eigenvalue weighted by molar-refractivity contribution is 1.17. The van der Waals surface area contributed by atoms with Crippen LogP contribution in [0.2, 0.25) is 10.0 Å². The van der Waals surface area contributed by atoms with Crippen LogP contribution in [0.5, 0.6) is 0 Å². The van der Waals surface area contributed by atoms with Crippen molar-refractivity contribution in [1.82, 2.24) is 9.97 Å². The van der Waals surface area contributed by atoms with Crippen molar-refractivity contribution in [3.63, 3.8) is 0 Å². The second-order valence-corrected chi connectivity index (χ2v) is 3.36. The van der Waals surface area contributed by atoms with Crippen LogP contribution < -0.4 is 0 Å². The summed E-state index contributed by atoms with van der Waals surface area (Å²) >= 11 is 11.7. The Kier molecular flexibility index (Phi) is 1.74. The number of benzene rings is 1. The maximum atomic E-state index is 5.92. The van der Waals surface area contributed by atoms with Crippen molar-refractivity contribution >= 4 is 34.2 Å². The minimum absolute atomic E-state index is 0.513. The molecule has 0 aliphatic heterocycles. The molecule has 0 radical (unpaired) electrons. The standard InChI is InChI=1S/C8H6Cl2N2/c1-4-11-6-3-2-5(9)7(10)8(6)12-4/h2-3H,1H3,(H,11,12). The number of nitrogens with zero attached hydrogens (tertiary/aromatic N) is 1. The molecule has 0 unspecified atom stereocenters. The predicted molar refractivity (Wildman–Crippen MR) is 50.9 cm³/mol. The summed E-state index contributed by atoms with van der Waals surface area (Å²) in [6.07, 6.45) is 0. The number of H-pyrrole nitrogens is 1. The molecule has 0 fully saturated rings. The van der Waals surface area contributed by atoms with Crippen molar-refractivity contribution in [3.8, 4) is 0 Å². The summed E-state index contributed by atoms with van der Waals surface area (Å²) in [5.41, 5.74) is 1.66. The fourth-order valence-electron chi connectivity index (χ4n) is 1.14. The van der Waals surface area contributed by atoms with Crippen LogP contribution in [0.3, 0.4) is 0 Å². The van der Waals surface area contributed by atoms with Crippen molar-refractivity contribution < 1.29 is 0 Å². The van der Waals surface area contributed by atoms with E-state index < -0.39 is 0 Å². The van der Waals surface area contributed by atoms with Gasteiger partial charge in [-0.2, -0.15) is 0 Å². The number of hydrogen-bond donors (Lipinski definition) is 1. The smallest absolute Gasteiger partial charge is 0.109 e. The lowest BCUT2D eigenvalue weighted by Gasteiger charge is -1.93. The van der Waals surface area contributed by atoms with Gasteiger partial charge in [0.1, 0.15) is 11.3 Å². The SMILES string of the molecule is Cc1nc2c(Cl)c(Cl)ccc2[nH]1. The van der Waals surface area contributed by atoms with Crippen molar-refractivity contribution in [2.45, 2.75) is 6.92 Å². The Morgan fingerprint density at radius 3 is 2.83 bits per heavy atom. The maximum Gasteiger partial charge on any atom is 0.109 e. The first-order valence-electron chi connectivity index (χ1n) is 3.49. The lowest BCUT2D eigenvalue weighted by atomic mass is 10.3. The normalized spacial score (nSPS) is 10.9. The predicted octanol–water partition coefficient (Wildman–Crippen LogP) is 3.18. The van der Waals surface area contributed by atoms with E-state index in [0.717, 1.165) is 16.9 Å². The third-order valence-corrected chi connectivity index (χ3v) is 2.46. The van der Waals surface area contributed by atoms with Crippen LogP contribution in [0, 0.1) is 6.92 Å². The number of aromatic amines is 1. The van der Waals surface area contributed by atoms with E-state index in [9.17, 15) is 0 Å². The van der Waals surface area contributed by atoms with E-state index in [1.165, 1.54) is 0 Å². The molecule has 0 bridgehead atoms. The highest BCUT2D eigenvalue weighted by atomic mass is 35.5. The summed E-state index contributed by atoms with van der Waals surface area (Å²) in [4.78, 5) is 7.27. The van der Waals surface area contributed by atoms with E-state index >= 15 is 0 Å².